The van der Waals surface area contributed by atoms with Crippen LogP contribution in [0, 0.1) is 0 Å². The first-order valence-electron chi connectivity index (χ1n) is 19.1. The first-order valence-corrected chi connectivity index (χ1v) is 20.5. The standard InChI is InChI=1S/C39H54N8O5S/c48-38-31(25-44-13-5-40-6-14-44)21-29(22-32(38)26-45-15-7-41-8-16-45)37(35-3-1-2-4-36(35)53(50,51)52)30-23-33(27-46-17-9-42-10-18-46)39(49)34(24-30)28-47-19-11-43-12-20-47/h1-4,21-24,40-43,48H,5-20,25-28H2,(H,50,51,52). The van der Waals surface area contributed by atoms with Crippen molar-refractivity contribution in [2.75, 3.05) is 118 Å². The summed E-state index contributed by atoms with van der Waals surface area (Å²) in [7, 11) is -4.63. The van der Waals surface area contributed by atoms with Crippen LogP contribution in [-0.4, -0.2) is 161 Å². The molecule has 4 fully saturated rings. The molecule has 0 atom stereocenters. The number of benzene rings is 2. The zero-order valence-corrected chi connectivity index (χ0v) is 31.4. The molecule has 0 bridgehead atoms. The Labute approximate surface area is 313 Å². The Kier molecular flexibility index (Phi) is 12.5. The third kappa shape index (κ3) is 9.51. The second-order valence-electron chi connectivity index (χ2n) is 14.7. The summed E-state index contributed by atoms with van der Waals surface area (Å²) in [5.74, 6) is 0.264. The zero-order valence-electron chi connectivity index (χ0n) is 30.6. The molecule has 0 amide bonds. The molecule has 0 radical (unpaired) electrons. The molecular formula is C39H54N8O5S. The highest BCUT2D eigenvalue weighted by Gasteiger charge is 2.29. The van der Waals surface area contributed by atoms with E-state index >= 15 is 0 Å². The van der Waals surface area contributed by atoms with E-state index in [9.17, 15) is 22.9 Å². The number of nitrogens with zero attached hydrogens (tertiary/aromatic N) is 4. The van der Waals surface area contributed by atoms with E-state index in [1.807, 2.05) is 24.3 Å². The van der Waals surface area contributed by atoms with E-state index in [0.717, 1.165) is 121 Å². The van der Waals surface area contributed by atoms with E-state index in [1.54, 1.807) is 18.2 Å². The molecule has 14 heteroatoms. The van der Waals surface area contributed by atoms with Gasteiger partial charge in [0, 0.05) is 159 Å². The van der Waals surface area contributed by atoms with Gasteiger partial charge in [-0.2, -0.15) is 8.42 Å². The molecule has 286 valence electrons. The molecule has 2 aromatic carbocycles. The van der Waals surface area contributed by atoms with Crippen LogP contribution in [0.15, 0.2) is 70.2 Å². The van der Waals surface area contributed by atoms with Gasteiger partial charge in [-0.25, -0.2) is 0 Å². The maximum absolute atomic E-state index is 14.3. The summed E-state index contributed by atoms with van der Waals surface area (Å²) in [6.07, 6.45) is 3.86. The Bertz CT molecular complexity index is 1750. The molecule has 0 aromatic heterocycles. The molecule has 4 saturated heterocycles. The fourth-order valence-corrected chi connectivity index (χ4v) is 8.79. The number of nitrogens with one attached hydrogen (secondary N) is 4. The minimum Gasteiger partial charge on any atom is -0.507 e. The van der Waals surface area contributed by atoms with Crippen LogP contribution >= 0.6 is 0 Å². The van der Waals surface area contributed by atoms with Crippen LogP contribution < -0.4 is 21.3 Å². The van der Waals surface area contributed by atoms with Crippen LogP contribution in [0.1, 0.15) is 22.3 Å². The van der Waals surface area contributed by atoms with Crippen LogP contribution in [0.4, 0.5) is 0 Å². The zero-order chi connectivity index (χ0) is 36.8. The SMILES string of the molecule is O=C1C(CN2CCNCC2)=CC(=C(c2cc(CN3CCNCC3)c(O)c(CN3CCNCC3)c2)c2ccccc2S(=O)(=O)O)C=C1CN1CCNCC1. The molecule has 0 spiro atoms. The van der Waals surface area contributed by atoms with E-state index in [4.69, 9.17) is 0 Å². The van der Waals surface area contributed by atoms with Crippen LogP contribution in [0.25, 0.3) is 5.57 Å². The third-order valence-electron chi connectivity index (χ3n) is 10.9. The van der Waals surface area contributed by atoms with Crippen molar-refractivity contribution in [3.63, 3.8) is 0 Å². The minimum absolute atomic E-state index is 0.0118. The van der Waals surface area contributed by atoms with Crippen molar-refractivity contribution in [1.29, 1.82) is 0 Å². The van der Waals surface area contributed by atoms with Gasteiger partial charge in [-0.05, 0) is 47.1 Å². The largest absolute Gasteiger partial charge is 0.507 e. The number of piperazine rings is 4. The summed E-state index contributed by atoms with van der Waals surface area (Å²) in [6, 6.07) is 10.5. The van der Waals surface area contributed by atoms with Gasteiger partial charge in [-0.3, -0.25) is 28.9 Å². The molecule has 5 aliphatic rings. The lowest BCUT2D eigenvalue weighted by Gasteiger charge is -2.32. The number of rotatable bonds is 11. The Morgan fingerprint density at radius 1 is 0.623 bits per heavy atom. The van der Waals surface area contributed by atoms with Crippen molar-refractivity contribution in [2.24, 2.45) is 0 Å². The first kappa shape index (κ1) is 38.0. The van der Waals surface area contributed by atoms with Gasteiger partial charge in [0.15, 0.2) is 5.78 Å². The molecule has 0 unspecified atom stereocenters. The lowest BCUT2D eigenvalue weighted by molar-refractivity contribution is -0.112. The second kappa shape index (κ2) is 17.5. The predicted molar refractivity (Wildman–Crippen MR) is 206 cm³/mol. The summed E-state index contributed by atoms with van der Waals surface area (Å²) in [5.41, 5.74) is 5.25. The molecule has 6 N–H and O–H groups in total. The van der Waals surface area contributed by atoms with Crippen LogP contribution in [0.3, 0.4) is 0 Å². The van der Waals surface area contributed by atoms with Gasteiger partial charge < -0.3 is 26.4 Å². The Morgan fingerprint density at radius 3 is 1.43 bits per heavy atom. The van der Waals surface area contributed by atoms with Crippen molar-refractivity contribution >= 4 is 21.5 Å². The summed E-state index contributed by atoms with van der Waals surface area (Å²) in [6.45, 7) is 15.5. The average molecular weight is 747 g/mol. The van der Waals surface area contributed by atoms with Crippen LogP contribution in [0.5, 0.6) is 5.75 Å². The van der Waals surface area contributed by atoms with E-state index in [0.29, 0.717) is 54.0 Å². The topological polar surface area (TPSA) is 153 Å². The number of phenolic OH excluding ortho intramolecular Hbond substituents is 1. The van der Waals surface area contributed by atoms with Gasteiger partial charge in [-0.1, -0.05) is 18.2 Å². The van der Waals surface area contributed by atoms with Gasteiger partial charge in [0.1, 0.15) is 10.6 Å². The first-order chi connectivity index (χ1) is 25.7. The smallest absolute Gasteiger partial charge is 0.295 e. The maximum Gasteiger partial charge on any atom is 0.295 e. The number of carbonyl (C=O) groups is 1. The van der Waals surface area contributed by atoms with Gasteiger partial charge in [0.05, 0.1) is 0 Å². The quantitative estimate of drug-likeness (QED) is 0.177. The van der Waals surface area contributed by atoms with E-state index in [2.05, 4.69) is 40.9 Å². The average Bonchev–Trinajstić information content (AvgIpc) is 3.17. The highest BCUT2D eigenvalue weighted by Crippen LogP contribution is 2.39. The number of carbonyl (C=O) groups excluding carboxylic acids is 1. The molecule has 4 aliphatic heterocycles. The van der Waals surface area contributed by atoms with Crippen molar-refractivity contribution in [3.8, 4) is 5.75 Å². The van der Waals surface area contributed by atoms with Crippen molar-refractivity contribution in [2.45, 2.75) is 18.0 Å². The second-order valence-corrected chi connectivity index (χ2v) is 16.1. The number of hydrogen-bond donors (Lipinski definition) is 6. The fourth-order valence-electron chi connectivity index (χ4n) is 8.10. The maximum atomic E-state index is 14.3. The number of hydrogen-bond acceptors (Lipinski definition) is 12. The predicted octanol–water partition coefficient (Wildman–Crippen LogP) is 0.497. The van der Waals surface area contributed by atoms with Crippen molar-refractivity contribution in [1.82, 2.24) is 40.9 Å². The summed E-state index contributed by atoms with van der Waals surface area (Å²) >= 11 is 0. The minimum atomic E-state index is -4.63. The molecule has 4 heterocycles. The molecule has 1 aliphatic carbocycles. The number of aromatic hydroxyl groups is 1. The summed E-state index contributed by atoms with van der Waals surface area (Å²) in [5, 5.41) is 25.5. The Morgan fingerprint density at radius 2 is 1.02 bits per heavy atom. The highest BCUT2D eigenvalue weighted by molar-refractivity contribution is 7.86. The van der Waals surface area contributed by atoms with Crippen molar-refractivity contribution in [3.05, 3.63) is 87.5 Å². The molecular weight excluding hydrogens is 693 g/mol. The Hall–Kier alpha value is -3.28. The Balaban J connectivity index is 1.43. The highest BCUT2D eigenvalue weighted by atomic mass is 32.2. The fraction of sp³-hybridized carbons (Fsp3) is 0.513. The van der Waals surface area contributed by atoms with Crippen molar-refractivity contribution < 1.29 is 22.9 Å². The molecule has 53 heavy (non-hydrogen) atoms. The summed E-state index contributed by atoms with van der Waals surface area (Å²) in [4.78, 5) is 23.3. The van der Waals surface area contributed by atoms with Gasteiger partial charge >= 0.3 is 0 Å². The summed E-state index contributed by atoms with van der Waals surface area (Å²) < 4.78 is 36.7. The molecule has 13 nitrogen and oxygen atoms in total. The van der Waals surface area contributed by atoms with Gasteiger partial charge in [0.2, 0.25) is 0 Å². The van der Waals surface area contributed by atoms with Gasteiger partial charge in [-0.15, -0.1) is 0 Å². The van der Waals surface area contributed by atoms with E-state index < -0.39 is 10.1 Å². The van der Waals surface area contributed by atoms with E-state index in [-0.39, 0.29) is 16.4 Å². The normalized spacial score (nSPS) is 21.8. The number of allylic oxidation sites excluding steroid dienone is 3. The number of ketones is 1. The lowest BCUT2D eigenvalue weighted by Crippen LogP contribution is -2.46. The number of phenols is 1. The molecule has 7 rings (SSSR count). The lowest BCUT2D eigenvalue weighted by atomic mass is 9.84. The molecule has 0 saturated carbocycles. The number of Topliss-reactive ketones (excluding diaryl/α,β-unsaturated/α-hetero) is 1. The van der Waals surface area contributed by atoms with E-state index in [1.165, 1.54) is 6.07 Å². The van der Waals surface area contributed by atoms with Gasteiger partial charge in [0.25, 0.3) is 10.1 Å². The third-order valence-corrected chi connectivity index (χ3v) is 11.8. The molecule has 2 aromatic rings. The monoisotopic (exact) mass is 746 g/mol. The van der Waals surface area contributed by atoms with Crippen LogP contribution in [0.2, 0.25) is 0 Å². The van der Waals surface area contributed by atoms with Crippen LogP contribution in [-0.2, 0) is 28.0 Å².